The molecular weight excluding hydrogens is 176 g/mol. The normalized spacial score (nSPS) is 10.2. The maximum Gasteiger partial charge on any atom is 0.251 e. The van der Waals surface area contributed by atoms with Crippen molar-refractivity contribution >= 4 is 11.8 Å². The SMILES string of the molecule is Cc1nc(SCCO)cc(=O)[nH]1. The molecule has 0 spiro atoms. The van der Waals surface area contributed by atoms with E-state index in [2.05, 4.69) is 9.97 Å². The van der Waals surface area contributed by atoms with Gasteiger partial charge in [0.1, 0.15) is 10.9 Å². The number of aliphatic hydroxyl groups excluding tert-OH is 1. The molecule has 0 bridgehead atoms. The number of hydrogen-bond acceptors (Lipinski definition) is 4. The molecule has 1 heterocycles. The molecule has 0 atom stereocenters. The van der Waals surface area contributed by atoms with Crippen molar-refractivity contribution in [3.63, 3.8) is 0 Å². The van der Waals surface area contributed by atoms with Gasteiger partial charge in [0.25, 0.3) is 5.56 Å². The van der Waals surface area contributed by atoms with Crippen LogP contribution < -0.4 is 5.56 Å². The van der Waals surface area contributed by atoms with Crippen LogP contribution in [0.15, 0.2) is 15.9 Å². The minimum Gasteiger partial charge on any atom is -0.396 e. The summed E-state index contributed by atoms with van der Waals surface area (Å²) in [6, 6.07) is 1.42. The van der Waals surface area contributed by atoms with Crippen LogP contribution in [0.25, 0.3) is 0 Å². The molecule has 12 heavy (non-hydrogen) atoms. The summed E-state index contributed by atoms with van der Waals surface area (Å²) in [7, 11) is 0. The molecule has 4 nitrogen and oxygen atoms in total. The lowest BCUT2D eigenvalue weighted by Crippen LogP contribution is -2.08. The van der Waals surface area contributed by atoms with Gasteiger partial charge >= 0.3 is 0 Å². The number of aromatic nitrogens is 2. The Labute approximate surface area is 74.0 Å². The standard InChI is InChI=1S/C7H10N2O2S/c1-5-8-6(11)4-7(9-5)12-3-2-10/h4,10H,2-3H2,1H3,(H,8,9,11). The number of aromatic amines is 1. The van der Waals surface area contributed by atoms with Gasteiger partial charge in [-0.25, -0.2) is 4.98 Å². The summed E-state index contributed by atoms with van der Waals surface area (Å²) in [4.78, 5) is 17.5. The molecule has 1 aromatic heterocycles. The lowest BCUT2D eigenvalue weighted by molar-refractivity contribution is 0.322. The second-order valence-electron chi connectivity index (χ2n) is 2.24. The minimum absolute atomic E-state index is 0.0954. The van der Waals surface area contributed by atoms with E-state index in [0.29, 0.717) is 16.6 Å². The lowest BCUT2D eigenvalue weighted by Gasteiger charge is -1.98. The Bertz CT molecular complexity index is 311. The maximum absolute atomic E-state index is 10.9. The van der Waals surface area contributed by atoms with Crippen LogP contribution in [0.5, 0.6) is 0 Å². The summed E-state index contributed by atoms with van der Waals surface area (Å²) in [6.45, 7) is 1.82. The molecule has 0 radical (unpaired) electrons. The van der Waals surface area contributed by atoms with Gasteiger partial charge in [-0.3, -0.25) is 4.79 Å². The van der Waals surface area contributed by atoms with E-state index in [1.165, 1.54) is 17.8 Å². The van der Waals surface area contributed by atoms with Gasteiger partial charge in [-0.15, -0.1) is 11.8 Å². The molecule has 2 N–H and O–H groups in total. The fraction of sp³-hybridized carbons (Fsp3) is 0.429. The molecule has 66 valence electrons. The van der Waals surface area contributed by atoms with Crippen LogP contribution in [0.1, 0.15) is 5.82 Å². The van der Waals surface area contributed by atoms with Crippen molar-refractivity contribution in [1.82, 2.24) is 9.97 Å². The van der Waals surface area contributed by atoms with E-state index in [1.54, 1.807) is 6.92 Å². The number of rotatable bonds is 3. The van der Waals surface area contributed by atoms with Gasteiger partial charge in [0, 0.05) is 11.8 Å². The predicted molar refractivity (Wildman–Crippen MR) is 47.4 cm³/mol. The first-order valence-corrected chi connectivity index (χ1v) is 4.52. The highest BCUT2D eigenvalue weighted by atomic mass is 32.2. The van der Waals surface area contributed by atoms with E-state index >= 15 is 0 Å². The number of aliphatic hydroxyl groups is 1. The Kier molecular flexibility index (Phi) is 3.31. The number of nitrogens with one attached hydrogen (secondary N) is 1. The number of hydrogen-bond donors (Lipinski definition) is 2. The van der Waals surface area contributed by atoms with Crippen LogP contribution in [0.3, 0.4) is 0 Å². The van der Waals surface area contributed by atoms with Crippen LogP contribution in [-0.4, -0.2) is 27.4 Å². The van der Waals surface area contributed by atoms with Crippen molar-refractivity contribution in [3.05, 3.63) is 22.2 Å². The molecule has 5 heteroatoms. The minimum atomic E-state index is -0.150. The maximum atomic E-state index is 10.9. The number of aryl methyl sites for hydroxylation is 1. The van der Waals surface area contributed by atoms with E-state index in [1.807, 2.05) is 0 Å². The Morgan fingerprint density at radius 2 is 2.50 bits per heavy atom. The third-order valence-electron chi connectivity index (χ3n) is 1.18. The summed E-state index contributed by atoms with van der Waals surface area (Å²) in [5.41, 5.74) is -0.150. The zero-order valence-electron chi connectivity index (χ0n) is 6.70. The van der Waals surface area contributed by atoms with Crippen LogP contribution in [0.2, 0.25) is 0 Å². The molecule has 0 saturated carbocycles. The third kappa shape index (κ3) is 2.67. The highest BCUT2D eigenvalue weighted by Crippen LogP contribution is 2.11. The molecule has 1 aromatic rings. The van der Waals surface area contributed by atoms with Crippen LogP contribution >= 0.6 is 11.8 Å². The first kappa shape index (κ1) is 9.28. The van der Waals surface area contributed by atoms with Gasteiger partial charge in [-0.1, -0.05) is 0 Å². The van der Waals surface area contributed by atoms with Gasteiger partial charge in [0.15, 0.2) is 0 Å². The number of nitrogens with zero attached hydrogens (tertiary/aromatic N) is 1. The first-order chi connectivity index (χ1) is 5.72. The Balaban J connectivity index is 2.79. The molecule has 0 saturated heterocycles. The van der Waals surface area contributed by atoms with Gasteiger partial charge in [-0.2, -0.15) is 0 Å². The van der Waals surface area contributed by atoms with E-state index in [9.17, 15) is 4.79 Å². The Morgan fingerprint density at radius 3 is 3.08 bits per heavy atom. The molecule has 0 aromatic carbocycles. The Morgan fingerprint density at radius 1 is 1.75 bits per heavy atom. The van der Waals surface area contributed by atoms with Gasteiger partial charge in [0.2, 0.25) is 0 Å². The van der Waals surface area contributed by atoms with E-state index in [0.717, 1.165) is 0 Å². The van der Waals surface area contributed by atoms with E-state index < -0.39 is 0 Å². The second kappa shape index (κ2) is 4.27. The topological polar surface area (TPSA) is 66.0 Å². The van der Waals surface area contributed by atoms with Crippen LogP contribution in [0, 0.1) is 6.92 Å². The third-order valence-corrected chi connectivity index (χ3v) is 2.07. The number of thioether (sulfide) groups is 1. The van der Waals surface area contributed by atoms with Crippen LogP contribution in [0.4, 0.5) is 0 Å². The molecule has 0 fully saturated rings. The molecule has 0 aliphatic carbocycles. The molecule has 0 unspecified atom stereocenters. The van der Waals surface area contributed by atoms with Crippen molar-refractivity contribution in [2.24, 2.45) is 0 Å². The van der Waals surface area contributed by atoms with Crippen molar-refractivity contribution in [3.8, 4) is 0 Å². The monoisotopic (exact) mass is 186 g/mol. The van der Waals surface area contributed by atoms with Gasteiger partial charge < -0.3 is 10.1 Å². The molecular formula is C7H10N2O2S. The predicted octanol–water partition coefficient (Wildman–Crippen LogP) is 0.163. The highest BCUT2D eigenvalue weighted by molar-refractivity contribution is 7.99. The summed E-state index contributed by atoms with van der Waals surface area (Å²) in [5.74, 6) is 1.17. The smallest absolute Gasteiger partial charge is 0.251 e. The van der Waals surface area contributed by atoms with Crippen molar-refractivity contribution < 1.29 is 5.11 Å². The number of H-pyrrole nitrogens is 1. The largest absolute Gasteiger partial charge is 0.396 e. The molecule has 1 rings (SSSR count). The summed E-state index contributed by atoms with van der Waals surface area (Å²) in [5, 5.41) is 9.19. The molecule has 0 aliphatic rings. The Hall–Kier alpha value is -0.810. The van der Waals surface area contributed by atoms with Crippen LogP contribution in [-0.2, 0) is 0 Å². The van der Waals surface area contributed by atoms with Gasteiger partial charge in [0.05, 0.1) is 6.61 Å². The molecule has 0 aliphatic heterocycles. The average molecular weight is 186 g/mol. The van der Waals surface area contributed by atoms with Crippen molar-refractivity contribution in [2.75, 3.05) is 12.4 Å². The zero-order chi connectivity index (χ0) is 8.97. The quantitative estimate of drug-likeness (QED) is 0.521. The van der Waals surface area contributed by atoms with Crippen molar-refractivity contribution in [1.29, 1.82) is 0 Å². The molecule has 0 amide bonds. The van der Waals surface area contributed by atoms with E-state index in [-0.39, 0.29) is 12.2 Å². The van der Waals surface area contributed by atoms with Gasteiger partial charge in [-0.05, 0) is 6.92 Å². The van der Waals surface area contributed by atoms with Crippen molar-refractivity contribution in [2.45, 2.75) is 11.9 Å². The first-order valence-electron chi connectivity index (χ1n) is 3.54. The summed E-state index contributed by atoms with van der Waals surface area (Å²) >= 11 is 1.37. The average Bonchev–Trinajstić information content (AvgIpc) is 1.99. The fourth-order valence-corrected chi connectivity index (χ4v) is 1.47. The highest BCUT2D eigenvalue weighted by Gasteiger charge is 1.97. The summed E-state index contributed by atoms with van der Waals surface area (Å²) in [6.07, 6.45) is 0. The fourth-order valence-electron chi connectivity index (χ4n) is 0.776. The lowest BCUT2D eigenvalue weighted by atomic mass is 10.6. The second-order valence-corrected chi connectivity index (χ2v) is 3.36. The van der Waals surface area contributed by atoms with E-state index in [4.69, 9.17) is 5.11 Å². The zero-order valence-corrected chi connectivity index (χ0v) is 7.52. The summed E-state index contributed by atoms with van der Waals surface area (Å²) < 4.78 is 0.